The normalized spacial score (nSPS) is 9.58. The molecule has 64 valence electrons. The molecule has 0 bridgehead atoms. The molecule has 0 spiro atoms. The Hall–Kier alpha value is -1.31. The largest absolute Gasteiger partial charge is 0.279 e. The van der Waals surface area contributed by atoms with E-state index in [0.717, 1.165) is 5.69 Å². The van der Waals surface area contributed by atoms with E-state index in [1.807, 2.05) is 0 Å². The molecular formula is C10H14N2. The van der Waals surface area contributed by atoms with E-state index in [1.165, 1.54) is 16.7 Å². The number of hydrazone groups is 1. The van der Waals surface area contributed by atoms with Crippen LogP contribution in [0.4, 0.5) is 5.69 Å². The molecule has 0 aliphatic rings. The quantitative estimate of drug-likeness (QED) is 0.524. The molecule has 0 saturated carbocycles. The van der Waals surface area contributed by atoms with Crippen LogP contribution in [0.3, 0.4) is 0 Å². The lowest BCUT2D eigenvalue weighted by atomic mass is 10.1. The van der Waals surface area contributed by atoms with Gasteiger partial charge >= 0.3 is 0 Å². The molecule has 0 heterocycles. The number of rotatable bonds is 2. The van der Waals surface area contributed by atoms with Gasteiger partial charge in [0.15, 0.2) is 0 Å². The van der Waals surface area contributed by atoms with Gasteiger partial charge in [-0.3, -0.25) is 5.43 Å². The van der Waals surface area contributed by atoms with Crippen LogP contribution in [-0.4, -0.2) is 6.72 Å². The Kier molecular flexibility index (Phi) is 2.48. The predicted octanol–water partition coefficient (Wildman–Crippen LogP) is 2.64. The average Bonchev–Trinajstić information content (AvgIpc) is 1.96. The van der Waals surface area contributed by atoms with Crippen molar-refractivity contribution < 1.29 is 0 Å². The molecule has 0 fully saturated rings. The van der Waals surface area contributed by atoms with Crippen molar-refractivity contribution in [3.63, 3.8) is 0 Å². The molecule has 0 unspecified atom stereocenters. The Morgan fingerprint density at radius 2 is 1.67 bits per heavy atom. The van der Waals surface area contributed by atoms with Crippen LogP contribution in [0.25, 0.3) is 0 Å². The van der Waals surface area contributed by atoms with Crippen molar-refractivity contribution >= 4 is 12.4 Å². The van der Waals surface area contributed by atoms with Crippen LogP contribution in [0.5, 0.6) is 0 Å². The zero-order valence-electron chi connectivity index (χ0n) is 7.81. The van der Waals surface area contributed by atoms with E-state index in [4.69, 9.17) is 0 Å². The monoisotopic (exact) mass is 162 g/mol. The van der Waals surface area contributed by atoms with Gasteiger partial charge in [-0.15, -0.1) is 0 Å². The van der Waals surface area contributed by atoms with Gasteiger partial charge in [0, 0.05) is 6.72 Å². The van der Waals surface area contributed by atoms with Crippen LogP contribution in [0.2, 0.25) is 0 Å². The van der Waals surface area contributed by atoms with E-state index in [-0.39, 0.29) is 0 Å². The number of benzene rings is 1. The van der Waals surface area contributed by atoms with Gasteiger partial charge in [0.05, 0.1) is 5.69 Å². The van der Waals surface area contributed by atoms with Crippen LogP contribution in [0.15, 0.2) is 17.2 Å². The molecule has 0 aromatic heterocycles. The third-order valence-electron chi connectivity index (χ3n) is 1.87. The minimum Gasteiger partial charge on any atom is -0.279 e. The maximum Gasteiger partial charge on any atom is 0.0620 e. The number of nitrogens with zero attached hydrogens (tertiary/aromatic N) is 1. The Labute approximate surface area is 73.3 Å². The maximum absolute atomic E-state index is 3.66. The number of nitrogens with one attached hydrogen (secondary N) is 1. The first-order valence-corrected chi connectivity index (χ1v) is 3.94. The summed E-state index contributed by atoms with van der Waals surface area (Å²) in [4.78, 5) is 0. The van der Waals surface area contributed by atoms with E-state index >= 15 is 0 Å². The summed E-state index contributed by atoms with van der Waals surface area (Å²) in [5.41, 5.74) is 7.64. The highest BCUT2D eigenvalue weighted by molar-refractivity contribution is 5.58. The predicted molar refractivity (Wildman–Crippen MR) is 53.8 cm³/mol. The highest BCUT2D eigenvalue weighted by Crippen LogP contribution is 2.21. The molecule has 2 heteroatoms. The summed E-state index contributed by atoms with van der Waals surface area (Å²) in [7, 11) is 0. The fourth-order valence-electron chi connectivity index (χ4n) is 1.44. The first-order valence-electron chi connectivity index (χ1n) is 3.94. The van der Waals surface area contributed by atoms with Gasteiger partial charge in [-0.1, -0.05) is 17.7 Å². The van der Waals surface area contributed by atoms with Crippen LogP contribution < -0.4 is 5.43 Å². The zero-order chi connectivity index (χ0) is 9.14. The van der Waals surface area contributed by atoms with Crippen LogP contribution >= 0.6 is 0 Å². The van der Waals surface area contributed by atoms with Crippen molar-refractivity contribution in [3.8, 4) is 0 Å². The fraction of sp³-hybridized carbons (Fsp3) is 0.300. The van der Waals surface area contributed by atoms with E-state index < -0.39 is 0 Å². The van der Waals surface area contributed by atoms with Crippen molar-refractivity contribution in [2.24, 2.45) is 5.10 Å². The van der Waals surface area contributed by atoms with Gasteiger partial charge in [-0.25, -0.2) is 0 Å². The first kappa shape index (κ1) is 8.78. The molecule has 1 aromatic rings. The highest BCUT2D eigenvalue weighted by Gasteiger charge is 2.00. The molecule has 0 saturated heterocycles. The van der Waals surface area contributed by atoms with Crippen molar-refractivity contribution in [3.05, 3.63) is 28.8 Å². The second-order valence-electron chi connectivity index (χ2n) is 3.04. The number of hydrogen-bond donors (Lipinski definition) is 1. The third-order valence-corrected chi connectivity index (χ3v) is 1.87. The Morgan fingerprint density at radius 1 is 1.17 bits per heavy atom. The first-order chi connectivity index (χ1) is 5.65. The van der Waals surface area contributed by atoms with Crippen molar-refractivity contribution in [2.45, 2.75) is 20.8 Å². The lowest BCUT2D eigenvalue weighted by Gasteiger charge is -2.09. The summed E-state index contributed by atoms with van der Waals surface area (Å²) < 4.78 is 0. The molecule has 12 heavy (non-hydrogen) atoms. The summed E-state index contributed by atoms with van der Waals surface area (Å²) in [6.45, 7) is 9.61. The standard InChI is InChI=1S/C10H14N2/c1-7-5-8(2)10(12-11-4)9(3)6-7/h5-6,12H,4H2,1-3H3. The van der Waals surface area contributed by atoms with Crippen molar-refractivity contribution in [1.82, 2.24) is 0 Å². The van der Waals surface area contributed by atoms with Crippen molar-refractivity contribution in [2.75, 3.05) is 5.43 Å². The third kappa shape index (κ3) is 1.64. The molecule has 1 rings (SSSR count). The average molecular weight is 162 g/mol. The number of hydrogen-bond acceptors (Lipinski definition) is 2. The Bertz CT molecular complexity index is 280. The number of anilines is 1. The molecule has 1 aromatic carbocycles. The van der Waals surface area contributed by atoms with Gasteiger partial charge < -0.3 is 0 Å². The minimum atomic E-state index is 1.07. The molecule has 2 nitrogen and oxygen atoms in total. The van der Waals surface area contributed by atoms with E-state index in [0.29, 0.717) is 0 Å². The van der Waals surface area contributed by atoms with Gasteiger partial charge in [0.2, 0.25) is 0 Å². The van der Waals surface area contributed by atoms with Gasteiger partial charge in [0.25, 0.3) is 0 Å². The number of aryl methyl sites for hydroxylation is 3. The van der Waals surface area contributed by atoms with Crippen molar-refractivity contribution in [1.29, 1.82) is 0 Å². The molecule has 1 N–H and O–H groups in total. The van der Waals surface area contributed by atoms with Gasteiger partial charge in [0.1, 0.15) is 0 Å². The summed E-state index contributed by atoms with van der Waals surface area (Å²) in [5.74, 6) is 0. The molecule has 0 amide bonds. The minimum absolute atomic E-state index is 1.07. The van der Waals surface area contributed by atoms with Crippen LogP contribution in [0, 0.1) is 20.8 Å². The summed E-state index contributed by atoms with van der Waals surface area (Å²) in [6.07, 6.45) is 0. The lowest BCUT2D eigenvalue weighted by Crippen LogP contribution is -1.94. The summed E-state index contributed by atoms with van der Waals surface area (Å²) >= 11 is 0. The molecule has 0 aliphatic carbocycles. The van der Waals surface area contributed by atoms with Crippen LogP contribution in [-0.2, 0) is 0 Å². The highest BCUT2D eigenvalue weighted by atomic mass is 15.3. The Balaban J connectivity index is 3.18. The summed E-state index contributed by atoms with van der Waals surface area (Å²) in [6, 6.07) is 4.25. The zero-order valence-corrected chi connectivity index (χ0v) is 7.81. The smallest absolute Gasteiger partial charge is 0.0620 e. The van der Waals surface area contributed by atoms with Gasteiger partial charge in [-0.05, 0) is 31.9 Å². The molecule has 0 atom stereocenters. The second-order valence-corrected chi connectivity index (χ2v) is 3.04. The summed E-state index contributed by atoms with van der Waals surface area (Å²) in [5, 5.41) is 3.66. The Morgan fingerprint density at radius 3 is 2.08 bits per heavy atom. The van der Waals surface area contributed by atoms with Gasteiger partial charge in [-0.2, -0.15) is 5.10 Å². The molecule has 0 aliphatic heterocycles. The lowest BCUT2D eigenvalue weighted by molar-refractivity contribution is 1.25. The topological polar surface area (TPSA) is 24.4 Å². The van der Waals surface area contributed by atoms with E-state index in [9.17, 15) is 0 Å². The molecular weight excluding hydrogens is 148 g/mol. The van der Waals surface area contributed by atoms with Crippen LogP contribution in [0.1, 0.15) is 16.7 Å². The second kappa shape index (κ2) is 3.39. The maximum atomic E-state index is 3.66. The molecule has 0 radical (unpaired) electrons. The van der Waals surface area contributed by atoms with E-state index in [1.54, 1.807) is 0 Å². The van der Waals surface area contributed by atoms with E-state index in [2.05, 4.69) is 50.1 Å². The SMILES string of the molecule is C=NNc1c(C)cc(C)cc1C. The fourth-order valence-corrected chi connectivity index (χ4v) is 1.44.